The van der Waals surface area contributed by atoms with E-state index < -0.39 is 12.0 Å². The number of hydrogen-bond acceptors (Lipinski definition) is 10. The molecule has 6 aromatic rings. The van der Waals surface area contributed by atoms with Crippen molar-refractivity contribution in [1.82, 2.24) is 54.6 Å². The topological polar surface area (TPSA) is 164 Å². The van der Waals surface area contributed by atoms with Crippen LogP contribution in [0.3, 0.4) is 0 Å². The number of carbonyl (C=O) groups excluding carboxylic acids is 3. The number of aryl methyl sites for hydroxylation is 2. The molecular weight excluding hydrogens is 758 g/mol. The molecule has 1 N–H and O–H groups in total. The quantitative estimate of drug-likeness (QED) is 0.148. The molecular formula is C42H48FN11O5. The van der Waals surface area contributed by atoms with Crippen LogP contribution in [0.1, 0.15) is 71.6 Å². The van der Waals surface area contributed by atoms with Gasteiger partial charge in [-0.1, -0.05) is 34.7 Å². The standard InChI is InChI=1S/C42H48FN11O5/c1-49(2)42(36-24-32-22-28(9-11-35(32)59-36)30-6-4-16-51(25-30)37(55)12-18-53-20-14-44-47-53)58-27-50(3)41(57)34-23-29-8-10-33(39(43)40(29)46-34)31-7-5-17-52(26-31)38(56)13-19-54-21-15-45-48-54/h7-11,14-15,20-24,30,42,46H,4-6,12-13,16-19,25-27H2,1-3H3. The number of piperidine rings is 1. The molecule has 8 rings (SSSR count). The summed E-state index contributed by atoms with van der Waals surface area (Å²) in [4.78, 5) is 49.6. The van der Waals surface area contributed by atoms with Gasteiger partial charge in [-0.25, -0.2) is 4.39 Å². The number of carbonyl (C=O) groups is 3. The average Bonchev–Trinajstić information content (AvgIpc) is 4.09. The third-order valence-electron chi connectivity index (χ3n) is 11.2. The zero-order valence-electron chi connectivity index (χ0n) is 33.5. The predicted molar refractivity (Wildman–Crippen MR) is 216 cm³/mol. The van der Waals surface area contributed by atoms with E-state index in [1.54, 1.807) is 64.3 Å². The van der Waals surface area contributed by atoms with Crippen molar-refractivity contribution in [3.63, 3.8) is 0 Å². The molecule has 2 aliphatic heterocycles. The summed E-state index contributed by atoms with van der Waals surface area (Å²) in [6.45, 7) is 3.11. The van der Waals surface area contributed by atoms with E-state index >= 15 is 4.39 Å². The maximum atomic E-state index is 16.1. The van der Waals surface area contributed by atoms with Crippen molar-refractivity contribution >= 4 is 45.2 Å². The van der Waals surface area contributed by atoms with Gasteiger partial charge in [0.05, 0.1) is 31.0 Å². The van der Waals surface area contributed by atoms with Gasteiger partial charge in [0.25, 0.3) is 5.91 Å². The van der Waals surface area contributed by atoms with E-state index in [0.717, 1.165) is 35.9 Å². The monoisotopic (exact) mass is 805 g/mol. The first-order chi connectivity index (χ1) is 28.6. The molecule has 1 fully saturated rings. The molecule has 0 spiro atoms. The van der Waals surface area contributed by atoms with Crippen LogP contribution in [0, 0.1) is 5.82 Å². The van der Waals surface area contributed by atoms with Crippen LogP contribution in [0.5, 0.6) is 0 Å². The van der Waals surface area contributed by atoms with Crippen LogP contribution < -0.4 is 0 Å². The Hall–Kier alpha value is -6.20. The van der Waals surface area contributed by atoms with Crippen LogP contribution >= 0.6 is 0 Å². The van der Waals surface area contributed by atoms with Gasteiger partial charge in [0.2, 0.25) is 11.8 Å². The lowest BCUT2D eigenvalue weighted by Gasteiger charge is -2.33. The number of ether oxygens (including phenoxy) is 1. The van der Waals surface area contributed by atoms with Crippen LogP contribution in [-0.2, 0) is 27.4 Å². The number of nitrogens with one attached hydrogen (secondary N) is 1. The molecule has 6 heterocycles. The van der Waals surface area contributed by atoms with Gasteiger partial charge in [0.1, 0.15) is 23.8 Å². The lowest BCUT2D eigenvalue weighted by Crippen LogP contribution is -2.39. The summed E-state index contributed by atoms with van der Waals surface area (Å²) in [5.41, 5.74) is 3.42. The van der Waals surface area contributed by atoms with Crippen molar-refractivity contribution in [3.8, 4) is 0 Å². The first-order valence-corrected chi connectivity index (χ1v) is 19.9. The van der Waals surface area contributed by atoms with E-state index in [4.69, 9.17) is 9.15 Å². The van der Waals surface area contributed by atoms with Gasteiger partial charge in [0, 0.05) is 80.7 Å². The van der Waals surface area contributed by atoms with Gasteiger partial charge in [-0.3, -0.25) is 28.6 Å². The molecule has 3 amide bonds. The second kappa shape index (κ2) is 17.3. The number of aromatic nitrogens is 7. The van der Waals surface area contributed by atoms with E-state index in [1.807, 2.05) is 42.1 Å². The molecule has 2 aliphatic rings. The number of amides is 3. The van der Waals surface area contributed by atoms with Crippen LogP contribution in [-0.4, -0.2) is 126 Å². The number of nitrogens with zero attached hydrogens (tertiary/aromatic N) is 10. The number of H-pyrrole nitrogens is 1. The number of benzene rings is 2. The van der Waals surface area contributed by atoms with Gasteiger partial charge in [-0.05, 0) is 68.8 Å². The van der Waals surface area contributed by atoms with Crippen LogP contribution in [0.4, 0.5) is 4.39 Å². The minimum Gasteiger partial charge on any atom is -0.457 e. The molecule has 2 unspecified atom stereocenters. The highest BCUT2D eigenvalue weighted by Gasteiger charge is 2.28. The maximum absolute atomic E-state index is 16.1. The molecule has 17 heteroatoms. The summed E-state index contributed by atoms with van der Waals surface area (Å²) in [5, 5.41) is 17.0. The molecule has 0 saturated carbocycles. The summed E-state index contributed by atoms with van der Waals surface area (Å²) in [6.07, 6.45) is 11.2. The summed E-state index contributed by atoms with van der Waals surface area (Å²) < 4.78 is 31.9. The summed E-state index contributed by atoms with van der Waals surface area (Å²) in [7, 11) is 5.37. The summed E-state index contributed by atoms with van der Waals surface area (Å²) in [6, 6.07) is 13.2. The van der Waals surface area contributed by atoms with Crippen molar-refractivity contribution < 1.29 is 27.9 Å². The number of halogens is 1. The molecule has 0 radical (unpaired) electrons. The Morgan fingerprint density at radius 2 is 1.68 bits per heavy atom. The second-order valence-electron chi connectivity index (χ2n) is 15.5. The van der Waals surface area contributed by atoms with Gasteiger partial charge in [0.15, 0.2) is 12.0 Å². The molecule has 308 valence electrons. The van der Waals surface area contributed by atoms with Gasteiger partial charge in [-0.15, -0.1) is 10.2 Å². The molecule has 4 aromatic heterocycles. The maximum Gasteiger partial charge on any atom is 0.271 e. The van der Waals surface area contributed by atoms with Gasteiger partial charge < -0.3 is 28.8 Å². The third kappa shape index (κ3) is 8.80. The Balaban J connectivity index is 0.891. The van der Waals surface area contributed by atoms with E-state index in [-0.39, 0.29) is 48.0 Å². The third-order valence-corrected chi connectivity index (χ3v) is 11.2. The van der Waals surface area contributed by atoms with E-state index in [0.29, 0.717) is 67.9 Å². The number of rotatable bonds is 14. The largest absolute Gasteiger partial charge is 0.457 e. The predicted octanol–water partition coefficient (Wildman–Crippen LogP) is 5.05. The van der Waals surface area contributed by atoms with Crippen molar-refractivity contribution in [2.75, 3.05) is 54.1 Å². The average molecular weight is 806 g/mol. The van der Waals surface area contributed by atoms with Crippen molar-refractivity contribution in [2.24, 2.45) is 0 Å². The molecule has 59 heavy (non-hydrogen) atoms. The normalized spacial score (nSPS) is 16.6. The highest BCUT2D eigenvalue weighted by molar-refractivity contribution is 5.98. The van der Waals surface area contributed by atoms with Gasteiger partial charge >= 0.3 is 0 Å². The lowest BCUT2D eigenvalue weighted by molar-refractivity contribution is -0.133. The fraction of sp³-hybridized carbons (Fsp3) is 0.405. The van der Waals surface area contributed by atoms with E-state index in [1.165, 1.54) is 4.90 Å². The van der Waals surface area contributed by atoms with E-state index in [2.05, 4.69) is 37.7 Å². The smallest absolute Gasteiger partial charge is 0.271 e. The molecule has 2 aromatic carbocycles. The van der Waals surface area contributed by atoms with Gasteiger partial charge in [-0.2, -0.15) is 0 Å². The Morgan fingerprint density at radius 1 is 0.932 bits per heavy atom. The molecule has 2 atom stereocenters. The molecule has 0 aliphatic carbocycles. The molecule has 0 bridgehead atoms. The molecule has 1 saturated heterocycles. The Kier molecular flexibility index (Phi) is 11.6. The SMILES string of the molecule is CN(COC(c1cc2cc(C3CCCN(C(=O)CCn4ccnn4)C3)ccc2o1)N(C)C)C(=O)c1cc2ccc(C3=CCCN(C(=O)CCn4ccnn4)C3)c(F)c2[nH]1. The summed E-state index contributed by atoms with van der Waals surface area (Å²) >= 11 is 0. The van der Waals surface area contributed by atoms with Crippen LogP contribution in [0.15, 0.2) is 77.7 Å². The number of fused-ring (bicyclic) bond motifs is 2. The Bertz CT molecular complexity index is 2460. The first-order valence-electron chi connectivity index (χ1n) is 19.9. The number of likely N-dealkylation sites (tertiary alicyclic amines) is 1. The van der Waals surface area contributed by atoms with Crippen molar-refractivity contribution in [2.45, 2.75) is 57.3 Å². The van der Waals surface area contributed by atoms with Crippen molar-refractivity contribution in [3.05, 3.63) is 102 Å². The Labute approximate surface area is 340 Å². The van der Waals surface area contributed by atoms with Crippen LogP contribution in [0.25, 0.3) is 27.4 Å². The highest BCUT2D eigenvalue weighted by atomic mass is 19.1. The van der Waals surface area contributed by atoms with E-state index in [9.17, 15) is 14.4 Å². The molecule has 16 nitrogen and oxygen atoms in total. The highest BCUT2D eigenvalue weighted by Crippen LogP contribution is 2.34. The number of hydrogen-bond donors (Lipinski definition) is 1. The van der Waals surface area contributed by atoms with Crippen LogP contribution in [0.2, 0.25) is 0 Å². The van der Waals surface area contributed by atoms with Crippen molar-refractivity contribution in [1.29, 1.82) is 0 Å². The fourth-order valence-corrected chi connectivity index (χ4v) is 7.99. The number of aromatic amines is 1. The number of furan rings is 1. The second-order valence-corrected chi connectivity index (χ2v) is 15.5. The Morgan fingerprint density at radius 3 is 2.39 bits per heavy atom. The zero-order chi connectivity index (χ0) is 41.0. The minimum absolute atomic E-state index is 0.0367. The summed E-state index contributed by atoms with van der Waals surface area (Å²) in [5.74, 6) is 0.0319. The lowest BCUT2D eigenvalue weighted by atomic mass is 9.90. The minimum atomic E-state index is -0.602. The fourth-order valence-electron chi connectivity index (χ4n) is 7.99. The first kappa shape index (κ1) is 39.6. The zero-order valence-corrected chi connectivity index (χ0v) is 33.5.